The van der Waals surface area contributed by atoms with Gasteiger partial charge in [0, 0.05) is 18.8 Å². The van der Waals surface area contributed by atoms with Gasteiger partial charge in [-0.1, -0.05) is 24.3 Å². The standard InChI is InChI=1S/C22H26N2O6S/c1-15-7-8-18(13-19(15)31(27,28)24-9-11-29-12-10-24)22(26)30-14-20(25)23-21-16(2)5-4-6-17(21)3/h4-8,13H,9-12,14H2,1-3H3,(H,23,25). The van der Waals surface area contributed by atoms with Crippen molar-refractivity contribution in [3.63, 3.8) is 0 Å². The number of sulfonamides is 1. The number of morpholine rings is 1. The van der Waals surface area contributed by atoms with Crippen molar-refractivity contribution in [2.75, 3.05) is 38.2 Å². The van der Waals surface area contributed by atoms with Crippen molar-refractivity contribution in [1.29, 1.82) is 0 Å². The van der Waals surface area contributed by atoms with Gasteiger partial charge in [0.15, 0.2) is 6.61 Å². The monoisotopic (exact) mass is 446 g/mol. The number of esters is 1. The van der Waals surface area contributed by atoms with Crippen molar-refractivity contribution in [1.82, 2.24) is 4.31 Å². The molecular weight excluding hydrogens is 420 g/mol. The first kappa shape index (κ1) is 22.9. The number of aryl methyl sites for hydroxylation is 3. The third-order valence-electron chi connectivity index (χ3n) is 5.09. The molecular formula is C22H26N2O6S. The van der Waals surface area contributed by atoms with Gasteiger partial charge in [-0.25, -0.2) is 13.2 Å². The lowest BCUT2D eigenvalue weighted by molar-refractivity contribution is -0.119. The summed E-state index contributed by atoms with van der Waals surface area (Å²) in [5.74, 6) is -1.24. The lowest BCUT2D eigenvalue weighted by atomic mass is 10.1. The fourth-order valence-electron chi connectivity index (χ4n) is 3.33. The summed E-state index contributed by atoms with van der Waals surface area (Å²) in [5.41, 5.74) is 3.07. The van der Waals surface area contributed by atoms with E-state index in [1.165, 1.54) is 16.4 Å². The molecule has 8 nitrogen and oxygen atoms in total. The Hall–Kier alpha value is -2.75. The normalized spacial score (nSPS) is 14.8. The fraction of sp³-hybridized carbons (Fsp3) is 0.364. The molecule has 2 aromatic rings. The Balaban J connectivity index is 1.69. The average Bonchev–Trinajstić information content (AvgIpc) is 2.75. The molecule has 3 rings (SSSR count). The molecule has 0 bridgehead atoms. The highest BCUT2D eigenvalue weighted by Crippen LogP contribution is 2.23. The predicted octanol–water partition coefficient (Wildman–Crippen LogP) is 2.43. The Labute approximate surface area is 182 Å². The van der Waals surface area contributed by atoms with Gasteiger partial charge in [0.05, 0.1) is 23.7 Å². The van der Waals surface area contributed by atoms with E-state index < -0.39 is 28.5 Å². The van der Waals surface area contributed by atoms with Crippen molar-refractivity contribution >= 4 is 27.6 Å². The summed E-state index contributed by atoms with van der Waals surface area (Å²) in [5, 5.41) is 2.74. The number of benzene rings is 2. The summed E-state index contributed by atoms with van der Waals surface area (Å²) in [6.45, 7) is 6.11. The topological polar surface area (TPSA) is 102 Å². The van der Waals surface area contributed by atoms with Crippen LogP contribution in [0.15, 0.2) is 41.3 Å². The third-order valence-corrected chi connectivity index (χ3v) is 7.13. The highest BCUT2D eigenvalue weighted by Gasteiger charge is 2.28. The van der Waals surface area contributed by atoms with Crippen molar-refractivity contribution in [2.45, 2.75) is 25.7 Å². The SMILES string of the molecule is Cc1ccc(C(=O)OCC(=O)Nc2c(C)cccc2C)cc1S(=O)(=O)N1CCOCC1. The molecule has 0 spiro atoms. The maximum atomic E-state index is 13.0. The van der Waals surface area contributed by atoms with Gasteiger partial charge < -0.3 is 14.8 Å². The molecule has 0 saturated carbocycles. The Morgan fingerprint density at radius 1 is 1.03 bits per heavy atom. The Morgan fingerprint density at radius 2 is 1.68 bits per heavy atom. The minimum absolute atomic E-state index is 0.0452. The molecule has 0 aliphatic carbocycles. The molecule has 1 aliphatic rings. The van der Waals surface area contributed by atoms with Crippen LogP contribution in [0.1, 0.15) is 27.0 Å². The number of anilines is 1. The molecule has 1 aliphatic heterocycles. The van der Waals surface area contributed by atoms with Crippen LogP contribution in [-0.4, -0.2) is 57.5 Å². The summed E-state index contributed by atoms with van der Waals surface area (Å²) in [4.78, 5) is 24.8. The quantitative estimate of drug-likeness (QED) is 0.684. The molecule has 9 heteroatoms. The van der Waals surface area contributed by atoms with Gasteiger partial charge in [-0.2, -0.15) is 4.31 Å². The van der Waals surface area contributed by atoms with E-state index in [0.29, 0.717) is 24.5 Å². The van der Waals surface area contributed by atoms with E-state index in [4.69, 9.17) is 9.47 Å². The van der Waals surface area contributed by atoms with Crippen LogP contribution in [0.25, 0.3) is 0 Å². The van der Waals surface area contributed by atoms with Gasteiger partial charge in [0.1, 0.15) is 0 Å². The molecule has 0 unspecified atom stereocenters. The van der Waals surface area contributed by atoms with Crippen LogP contribution in [0.3, 0.4) is 0 Å². The minimum atomic E-state index is -3.76. The molecule has 1 amide bonds. The van der Waals surface area contributed by atoms with Crippen molar-refractivity contribution in [3.05, 3.63) is 58.7 Å². The zero-order valence-electron chi connectivity index (χ0n) is 17.8. The number of hydrogen-bond donors (Lipinski definition) is 1. The summed E-state index contributed by atoms with van der Waals surface area (Å²) in [6, 6.07) is 9.97. The van der Waals surface area contributed by atoms with E-state index in [0.717, 1.165) is 11.1 Å². The first-order valence-corrected chi connectivity index (χ1v) is 11.4. The Morgan fingerprint density at radius 3 is 2.32 bits per heavy atom. The van der Waals surface area contributed by atoms with E-state index in [-0.39, 0.29) is 23.5 Å². The Kier molecular flexibility index (Phi) is 7.09. The summed E-state index contributed by atoms with van der Waals surface area (Å²) < 4.78 is 37.6. The number of ether oxygens (including phenoxy) is 2. The molecule has 166 valence electrons. The average molecular weight is 447 g/mol. The molecule has 31 heavy (non-hydrogen) atoms. The highest BCUT2D eigenvalue weighted by atomic mass is 32.2. The first-order valence-electron chi connectivity index (χ1n) is 9.92. The van der Waals surface area contributed by atoms with Crippen LogP contribution in [0.4, 0.5) is 5.69 Å². The van der Waals surface area contributed by atoms with Gasteiger partial charge in [0.25, 0.3) is 5.91 Å². The van der Waals surface area contributed by atoms with E-state index in [1.807, 2.05) is 32.0 Å². The van der Waals surface area contributed by atoms with Gasteiger partial charge in [-0.15, -0.1) is 0 Å². The van der Waals surface area contributed by atoms with Crippen LogP contribution < -0.4 is 5.32 Å². The smallest absolute Gasteiger partial charge is 0.338 e. The van der Waals surface area contributed by atoms with Gasteiger partial charge in [-0.05, 0) is 49.6 Å². The predicted molar refractivity (Wildman–Crippen MR) is 116 cm³/mol. The number of nitrogens with zero attached hydrogens (tertiary/aromatic N) is 1. The Bertz CT molecular complexity index is 1070. The summed E-state index contributed by atoms with van der Waals surface area (Å²) >= 11 is 0. The number of hydrogen-bond acceptors (Lipinski definition) is 6. The largest absolute Gasteiger partial charge is 0.452 e. The lowest BCUT2D eigenvalue weighted by Crippen LogP contribution is -2.40. The number of nitrogens with one attached hydrogen (secondary N) is 1. The van der Waals surface area contributed by atoms with Crippen LogP contribution in [0, 0.1) is 20.8 Å². The molecule has 0 radical (unpaired) electrons. The van der Waals surface area contributed by atoms with E-state index >= 15 is 0 Å². The second-order valence-corrected chi connectivity index (χ2v) is 9.29. The summed E-state index contributed by atoms with van der Waals surface area (Å²) in [7, 11) is -3.76. The zero-order chi connectivity index (χ0) is 22.6. The second kappa shape index (κ2) is 9.59. The number of para-hydroxylation sites is 1. The van der Waals surface area contributed by atoms with Gasteiger partial charge in [0.2, 0.25) is 10.0 Å². The van der Waals surface area contributed by atoms with E-state index in [1.54, 1.807) is 13.0 Å². The van der Waals surface area contributed by atoms with Crippen LogP contribution >= 0.6 is 0 Å². The maximum Gasteiger partial charge on any atom is 0.338 e. The van der Waals surface area contributed by atoms with Crippen LogP contribution in [0.5, 0.6) is 0 Å². The number of carbonyl (C=O) groups is 2. The molecule has 1 saturated heterocycles. The fourth-order valence-corrected chi connectivity index (χ4v) is 4.99. The molecule has 2 aromatic carbocycles. The summed E-state index contributed by atoms with van der Waals surface area (Å²) in [6.07, 6.45) is 0. The van der Waals surface area contributed by atoms with Gasteiger partial charge >= 0.3 is 5.97 Å². The minimum Gasteiger partial charge on any atom is -0.452 e. The van der Waals surface area contributed by atoms with E-state index in [9.17, 15) is 18.0 Å². The highest BCUT2D eigenvalue weighted by molar-refractivity contribution is 7.89. The molecule has 0 aromatic heterocycles. The van der Waals surface area contributed by atoms with Crippen molar-refractivity contribution < 1.29 is 27.5 Å². The zero-order valence-corrected chi connectivity index (χ0v) is 18.6. The first-order chi connectivity index (χ1) is 14.7. The van der Waals surface area contributed by atoms with Crippen LogP contribution in [0.2, 0.25) is 0 Å². The maximum absolute atomic E-state index is 13.0. The molecule has 1 heterocycles. The molecule has 1 N–H and O–H groups in total. The number of amides is 1. The second-order valence-electron chi connectivity index (χ2n) is 7.39. The van der Waals surface area contributed by atoms with Crippen molar-refractivity contribution in [2.24, 2.45) is 0 Å². The lowest BCUT2D eigenvalue weighted by Gasteiger charge is -2.26. The number of rotatable bonds is 6. The van der Waals surface area contributed by atoms with E-state index in [2.05, 4.69) is 5.32 Å². The molecule has 1 fully saturated rings. The van der Waals surface area contributed by atoms with Crippen molar-refractivity contribution in [3.8, 4) is 0 Å². The molecule has 0 atom stereocenters. The third kappa shape index (κ3) is 5.30. The van der Waals surface area contributed by atoms with Crippen LogP contribution in [-0.2, 0) is 24.3 Å². The van der Waals surface area contributed by atoms with Gasteiger partial charge in [-0.3, -0.25) is 4.79 Å². The number of carbonyl (C=O) groups excluding carboxylic acids is 2.